The van der Waals surface area contributed by atoms with Gasteiger partial charge in [0.05, 0.1) is 29.7 Å². The fourth-order valence-electron chi connectivity index (χ4n) is 7.35. The number of allylic oxidation sites excluding steroid dienone is 1. The molecule has 3 aromatic rings. The van der Waals surface area contributed by atoms with Gasteiger partial charge in [0.1, 0.15) is 33.8 Å². The number of methoxy groups -OCH3 is 1. The molecule has 2 N–H and O–H groups in total. The van der Waals surface area contributed by atoms with Crippen molar-refractivity contribution in [3.8, 4) is 22.2 Å². The Balaban J connectivity index is 1.21. The second kappa shape index (κ2) is 13.3. The highest BCUT2D eigenvalue weighted by atomic mass is 32.2. The molecule has 5 atom stereocenters. The predicted octanol–water partition coefficient (Wildman–Crippen LogP) is 4.44. The summed E-state index contributed by atoms with van der Waals surface area (Å²) in [6.07, 6.45) is 7.62. The number of pyridine rings is 1. The highest BCUT2D eigenvalue weighted by Gasteiger charge is 2.62. The van der Waals surface area contributed by atoms with Crippen molar-refractivity contribution in [2.75, 3.05) is 20.7 Å². The van der Waals surface area contributed by atoms with E-state index in [1.165, 1.54) is 11.3 Å². The summed E-state index contributed by atoms with van der Waals surface area (Å²) in [5.41, 5.74) is 1.69. The van der Waals surface area contributed by atoms with E-state index in [1.54, 1.807) is 19.1 Å². The van der Waals surface area contributed by atoms with E-state index in [9.17, 15) is 22.8 Å². The second-order valence-corrected chi connectivity index (χ2v) is 17.0. The number of rotatable bonds is 7. The molecule has 3 heterocycles. The van der Waals surface area contributed by atoms with E-state index >= 15 is 0 Å². The van der Waals surface area contributed by atoms with Crippen LogP contribution in [0.1, 0.15) is 62.6 Å². The molecule has 1 aromatic carbocycles. The molecule has 0 bridgehead atoms. The van der Waals surface area contributed by atoms with Crippen LogP contribution in [0.4, 0.5) is 0 Å². The molecule has 3 fully saturated rings. The third kappa shape index (κ3) is 6.59. The van der Waals surface area contributed by atoms with Gasteiger partial charge in [0.2, 0.25) is 21.8 Å². The van der Waals surface area contributed by atoms with Crippen molar-refractivity contribution in [2.24, 2.45) is 17.8 Å². The number of amides is 3. The van der Waals surface area contributed by atoms with E-state index in [2.05, 4.69) is 15.0 Å². The van der Waals surface area contributed by atoms with Crippen LogP contribution in [0.25, 0.3) is 21.6 Å². The maximum atomic E-state index is 14.2. The summed E-state index contributed by atoms with van der Waals surface area (Å²) >= 11 is 1.49. The smallest absolute Gasteiger partial charge is 0.259 e. The molecule has 0 saturated heterocycles. The van der Waals surface area contributed by atoms with Crippen LogP contribution in [0.5, 0.6) is 11.5 Å². The number of carbonyl (C=O) groups excluding carboxylic acids is 3. The molecular weight excluding hydrogens is 679 g/mol. The maximum Gasteiger partial charge on any atom is 0.259 e. The summed E-state index contributed by atoms with van der Waals surface area (Å²) in [6, 6.07) is 5.63. The standard InChI is InChI=1S/C36H43N5O7S2/c1-20-19-49-33(37-20)28-17-30(25-12-13-29(47-4)21(2)31(25)38-28)48-23-15-26-27(16-23)34(43)41(3)14-8-6-5-7-9-22-18-36(22,39-32(26)42)35(44)40-50(45,46)24-10-11-24/h7,9,12-13,17,19,22-24,26-27H,5-6,8,10-11,14-16,18H2,1-4H3,(H,39,42)(H,40,44)/b9-7-/t22-,23-,26-,27-,36-/m1/s1. The molecule has 4 aliphatic rings. The zero-order valence-corrected chi connectivity index (χ0v) is 30.4. The lowest BCUT2D eigenvalue weighted by atomic mass is 9.93. The Morgan fingerprint density at radius 1 is 1.10 bits per heavy atom. The minimum Gasteiger partial charge on any atom is -0.496 e. The number of hydrogen-bond donors (Lipinski definition) is 2. The Kier molecular flexibility index (Phi) is 9.12. The fourth-order valence-corrected chi connectivity index (χ4v) is 9.47. The molecule has 3 saturated carbocycles. The Labute approximate surface area is 296 Å². The zero-order chi connectivity index (χ0) is 35.4. The van der Waals surface area contributed by atoms with Crippen LogP contribution >= 0.6 is 11.3 Å². The van der Waals surface area contributed by atoms with Gasteiger partial charge in [-0.15, -0.1) is 11.3 Å². The molecule has 2 aromatic heterocycles. The molecule has 3 aliphatic carbocycles. The Morgan fingerprint density at radius 3 is 2.60 bits per heavy atom. The number of sulfonamides is 1. The zero-order valence-electron chi connectivity index (χ0n) is 28.7. The number of carbonyl (C=O) groups is 3. The van der Waals surface area contributed by atoms with Crippen LogP contribution in [0.2, 0.25) is 0 Å². The van der Waals surface area contributed by atoms with Gasteiger partial charge in [-0.2, -0.15) is 0 Å². The Morgan fingerprint density at radius 2 is 1.88 bits per heavy atom. The van der Waals surface area contributed by atoms with Crippen molar-refractivity contribution in [3.05, 3.63) is 47.0 Å². The summed E-state index contributed by atoms with van der Waals surface area (Å²) in [4.78, 5) is 53.1. The quantitative estimate of drug-likeness (QED) is 0.337. The lowest BCUT2D eigenvalue weighted by Gasteiger charge is -2.26. The van der Waals surface area contributed by atoms with Gasteiger partial charge in [-0.3, -0.25) is 19.1 Å². The molecule has 7 rings (SSSR count). The molecule has 1 aliphatic heterocycles. The van der Waals surface area contributed by atoms with E-state index in [1.807, 2.05) is 49.6 Å². The molecule has 50 heavy (non-hydrogen) atoms. The summed E-state index contributed by atoms with van der Waals surface area (Å²) in [6.45, 7) is 4.42. The molecule has 0 spiro atoms. The number of ether oxygens (including phenoxy) is 2. The van der Waals surface area contributed by atoms with Crippen molar-refractivity contribution in [1.29, 1.82) is 0 Å². The number of nitrogens with one attached hydrogen (secondary N) is 2. The van der Waals surface area contributed by atoms with Crippen molar-refractivity contribution in [1.82, 2.24) is 24.9 Å². The van der Waals surface area contributed by atoms with Gasteiger partial charge in [-0.05, 0) is 77.3 Å². The highest BCUT2D eigenvalue weighted by Crippen LogP contribution is 2.47. The minimum absolute atomic E-state index is 0.148. The molecule has 0 unspecified atom stereocenters. The number of thiazole rings is 1. The summed E-state index contributed by atoms with van der Waals surface area (Å²) in [5.74, 6) is -1.88. The van der Waals surface area contributed by atoms with Crippen LogP contribution in [0.15, 0.2) is 35.7 Å². The number of aromatic nitrogens is 2. The number of aryl methyl sites for hydroxylation is 2. The summed E-state index contributed by atoms with van der Waals surface area (Å²) in [7, 11) is -0.449. The molecular formula is C36H43N5O7S2. The SMILES string of the molecule is COc1ccc2c(O[C@@H]3C[C@H]4C(=O)N[C@]5(C(=O)NS(=O)(=O)C6CC6)C[C@H]5/C=C\CCCCN(C)C(=O)[C@@H]4C3)cc(-c3nc(C)cs3)nc2c1C. The van der Waals surface area contributed by atoms with Crippen LogP contribution in [0.3, 0.4) is 0 Å². The Bertz CT molecular complexity index is 1990. The average Bonchev–Trinajstić information content (AvgIpc) is 3.97. The van der Waals surface area contributed by atoms with Gasteiger partial charge in [-0.1, -0.05) is 12.2 Å². The first-order valence-electron chi connectivity index (χ1n) is 17.3. The minimum atomic E-state index is -3.82. The predicted molar refractivity (Wildman–Crippen MR) is 189 cm³/mol. The topological polar surface area (TPSA) is 157 Å². The van der Waals surface area contributed by atoms with E-state index in [0.29, 0.717) is 48.5 Å². The molecule has 12 nitrogen and oxygen atoms in total. The average molecular weight is 722 g/mol. The van der Waals surface area contributed by atoms with Gasteiger partial charge >= 0.3 is 0 Å². The van der Waals surface area contributed by atoms with E-state index in [4.69, 9.17) is 14.5 Å². The first kappa shape index (κ1) is 34.4. The third-order valence-corrected chi connectivity index (χ3v) is 13.3. The van der Waals surface area contributed by atoms with Gasteiger partial charge < -0.3 is 19.7 Å². The monoisotopic (exact) mass is 721 g/mol. The Hall–Kier alpha value is -4.04. The van der Waals surface area contributed by atoms with Crippen LogP contribution in [-0.4, -0.2) is 78.6 Å². The van der Waals surface area contributed by atoms with E-state index < -0.39 is 50.6 Å². The number of hydrogen-bond acceptors (Lipinski definition) is 10. The van der Waals surface area contributed by atoms with Crippen LogP contribution in [0, 0.1) is 31.6 Å². The van der Waals surface area contributed by atoms with Gasteiger partial charge in [0, 0.05) is 47.6 Å². The maximum absolute atomic E-state index is 14.2. The van der Waals surface area contributed by atoms with Crippen LogP contribution < -0.4 is 19.5 Å². The van der Waals surface area contributed by atoms with Gasteiger partial charge in [-0.25, -0.2) is 18.4 Å². The van der Waals surface area contributed by atoms with Crippen molar-refractivity contribution in [2.45, 2.75) is 82.1 Å². The largest absolute Gasteiger partial charge is 0.496 e. The number of benzene rings is 1. The molecule has 0 radical (unpaired) electrons. The van der Waals surface area contributed by atoms with E-state index in [-0.39, 0.29) is 24.7 Å². The summed E-state index contributed by atoms with van der Waals surface area (Å²) < 4.78 is 40.1. The van der Waals surface area contributed by atoms with Gasteiger partial charge in [0.15, 0.2) is 0 Å². The first-order valence-corrected chi connectivity index (χ1v) is 19.7. The number of fused-ring (bicyclic) bond motifs is 3. The fraction of sp³-hybridized carbons (Fsp3) is 0.528. The summed E-state index contributed by atoms with van der Waals surface area (Å²) in [5, 5.41) is 5.85. The second-order valence-electron chi connectivity index (χ2n) is 14.1. The first-order chi connectivity index (χ1) is 23.9. The molecule has 266 valence electrons. The molecule has 3 amide bonds. The third-order valence-electron chi connectivity index (χ3n) is 10.5. The van der Waals surface area contributed by atoms with Crippen molar-refractivity contribution < 1.29 is 32.3 Å². The van der Waals surface area contributed by atoms with E-state index in [0.717, 1.165) is 40.9 Å². The normalized spacial score (nSPS) is 27.9. The lowest BCUT2D eigenvalue weighted by Crippen LogP contribution is -2.54. The van der Waals surface area contributed by atoms with Gasteiger partial charge in [0.25, 0.3) is 5.91 Å². The lowest BCUT2D eigenvalue weighted by molar-refractivity contribution is -0.140. The van der Waals surface area contributed by atoms with Crippen molar-refractivity contribution >= 4 is 50.0 Å². The molecule has 14 heteroatoms. The van der Waals surface area contributed by atoms with Crippen LogP contribution in [-0.2, 0) is 24.4 Å². The highest BCUT2D eigenvalue weighted by molar-refractivity contribution is 7.91. The van der Waals surface area contributed by atoms with Crippen molar-refractivity contribution in [3.63, 3.8) is 0 Å². The number of nitrogens with zero attached hydrogens (tertiary/aromatic N) is 3.